The Balaban J connectivity index is 1.23. The van der Waals surface area contributed by atoms with Crippen molar-refractivity contribution in [2.24, 2.45) is 7.05 Å². The smallest absolute Gasteiger partial charge is 0.335 e. The summed E-state index contributed by atoms with van der Waals surface area (Å²) in [5, 5.41) is 0. The molecule has 0 N–H and O–H groups in total. The van der Waals surface area contributed by atoms with Crippen LogP contribution in [0.5, 0.6) is 0 Å². The highest BCUT2D eigenvalue weighted by atomic mass is 19.4. The van der Waals surface area contributed by atoms with Gasteiger partial charge in [0.1, 0.15) is 5.82 Å². The second-order valence-electron chi connectivity index (χ2n) is 9.58. The Hall–Kier alpha value is -3.13. The van der Waals surface area contributed by atoms with Gasteiger partial charge < -0.3 is 9.47 Å². The van der Waals surface area contributed by atoms with Gasteiger partial charge in [0.15, 0.2) is 0 Å². The summed E-state index contributed by atoms with van der Waals surface area (Å²) < 4.78 is 40.7. The number of piperidine rings is 1. The highest BCUT2D eigenvalue weighted by Crippen LogP contribution is 2.32. The van der Waals surface area contributed by atoms with Crippen LogP contribution in [0.15, 0.2) is 48.5 Å². The van der Waals surface area contributed by atoms with Crippen LogP contribution in [0.25, 0.3) is 11.4 Å². The van der Waals surface area contributed by atoms with Crippen molar-refractivity contribution in [1.29, 1.82) is 0 Å². The van der Waals surface area contributed by atoms with Gasteiger partial charge in [-0.25, -0.2) is 4.98 Å². The van der Waals surface area contributed by atoms with E-state index >= 15 is 0 Å². The van der Waals surface area contributed by atoms with E-state index in [0.717, 1.165) is 55.0 Å². The molecule has 2 aliphatic rings. The molecule has 2 aromatic carbocycles. The monoisotopic (exact) mass is 482 g/mol. The minimum Gasteiger partial charge on any atom is -0.335 e. The summed E-state index contributed by atoms with van der Waals surface area (Å²) in [6, 6.07) is 13.6. The SMILES string of the molecule is Cc1c(CN2CCC(N3Cc4ccccc4CC3=O)CC2)nc(-c2ccc(C(F)(F)F)cc2)n1C. The molecule has 1 amide bonds. The molecule has 5 rings (SSSR count). The average Bonchev–Trinajstić information content (AvgIpc) is 3.12. The Bertz CT molecular complexity index is 1220. The molecule has 0 unspecified atom stereocenters. The fraction of sp³-hybridized carbons (Fsp3) is 0.407. The standard InChI is InChI=1S/C27H29F3N4O/c1-18-24(31-26(32(18)2)19-7-9-22(10-8-19)27(28,29)30)17-33-13-11-23(12-14-33)34-16-21-6-4-3-5-20(21)15-25(34)35/h3-10,23H,11-17H2,1-2H3. The van der Waals surface area contributed by atoms with Gasteiger partial charge >= 0.3 is 6.18 Å². The fourth-order valence-electron chi connectivity index (χ4n) is 5.21. The van der Waals surface area contributed by atoms with E-state index < -0.39 is 11.7 Å². The molecule has 184 valence electrons. The van der Waals surface area contributed by atoms with Gasteiger partial charge in [0.05, 0.1) is 17.7 Å². The summed E-state index contributed by atoms with van der Waals surface area (Å²) in [5.74, 6) is 0.877. The van der Waals surface area contributed by atoms with Gasteiger partial charge in [0, 0.05) is 50.5 Å². The number of aromatic nitrogens is 2. The predicted molar refractivity (Wildman–Crippen MR) is 127 cm³/mol. The number of likely N-dealkylation sites (tertiary alicyclic amines) is 1. The first-order chi connectivity index (χ1) is 16.7. The third kappa shape index (κ3) is 4.72. The lowest BCUT2D eigenvalue weighted by molar-refractivity contribution is -0.137. The van der Waals surface area contributed by atoms with E-state index in [1.807, 2.05) is 36.7 Å². The molecule has 1 fully saturated rings. The lowest BCUT2D eigenvalue weighted by Crippen LogP contribution is -2.48. The molecule has 2 aliphatic heterocycles. The van der Waals surface area contributed by atoms with E-state index in [2.05, 4.69) is 15.9 Å². The zero-order valence-corrected chi connectivity index (χ0v) is 20.0. The highest BCUT2D eigenvalue weighted by molar-refractivity contribution is 5.81. The summed E-state index contributed by atoms with van der Waals surface area (Å²) in [7, 11) is 1.89. The molecule has 3 aromatic rings. The van der Waals surface area contributed by atoms with Gasteiger partial charge in [-0.3, -0.25) is 9.69 Å². The summed E-state index contributed by atoms with van der Waals surface area (Å²) in [4.78, 5) is 22.0. The van der Waals surface area contributed by atoms with Crippen molar-refractivity contribution >= 4 is 5.91 Å². The molecule has 0 saturated carbocycles. The quantitative estimate of drug-likeness (QED) is 0.528. The zero-order valence-electron chi connectivity index (χ0n) is 20.0. The molecule has 5 nitrogen and oxygen atoms in total. The molecule has 3 heterocycles. The van der Waals surface area contributed by atoms with Crippen LogP contribution in [0.2, 0.25) is 0 Å². The first-order valence-corrected chi connectivity index (χ1v) is 12.0. The molecule has 0 aliphatic carbocycles. The number of imidazole rings is 1. The summed E-state index contributed by atoms with van der Waals surface area (Å²) in [5.41, 5.74) is 4.33. The van der Waals surface area contributed by atoms with Crippen molar-refractivity contribution in [2.45, 2.75) is 51.5 Å². The first kappa shape index (κ1) is 23.6. The number of benzene rings is 2. The number of rotatable bonds is 4. The molecule has 0 radical (unpaired) electrons. The van der Waals surface area contributed by atoms with Crippen LogP contribution < -0.4 is 0 Å². The normalized spacial score (nSPS) is 17.6. The third-order valence-electron chi connectivity index (χ3n) is 7.44. The molecule has 8 heteroatoms. The van der Waals surface area contributed by atoms with Crippen molar-refractivity contribution in [2.75, 3.05) is 13.1 Å². The van der Waals surface area contributed by atoms with Crippen LogP contribution >= 0.6 is 0 Å². The van der Waals surface area contributed by atoms with Crippen LogP contribution in [0, 0.1) is 6.92 Å². The first-order valence-electron chi connectivity index (χ1n) is 12.0. The number of carbonyl (C=O) groups is 1. The van der Waals surface area contributed by atoms with Gasteiger partial charge in [-0.2, -0.15) is 13.2 Å². The van der Waals surface area contributed by atoms with Crippen LogP contribution in [-0.2, 0) is 37.5 Å². The number of halogens is 3. The van der Waals surface area contributed by atoms with Crippen LogP contribution in [-0.4, -0.2) is 44.4 Å². The number of carbonyl (C=O) groups excluding carboxylic acids is 1. The zero-order chi connectivity index (χ0) is 24.7. The van der Waals surface area contributed by atoms with Crippen molar-refractivity contribution in [1.82, 2.24) is 19.4 Å². The maximum absolute atomic E-state index is 12.9. The Kier molecular flexibility index (Phi) is 6.17. The molecule has 0 spiro atoms. The number of fused-ring (bicyclic) bond motifs is 1. The van der Waals surface area contributed by atoms with E-state index in [9.17, 15) is 18.0 Å². The molecular weight excluding hydrogens is 453 g/mol. The maximum Gasteiger partial charge on any atom is 0.416 e. The van der Waals surface area contributed by atoms with E-state index in [-0.39, 0.29) is 11.9 Å². The van der Waals surface area contributed by atoms with Gasteiger partial charge in [-0.15, -0.1) is 0 Å². The number of alkyl halides is 3. The van der Waals surface area contributed by atoms with Crippen LogP contribution in [0.3, 0.4) is 0 Å². The second-order valence-corrected chi connectivity index (χ2v) is 9.58. The molecular formula is C27H29F3N4O. The second kappa shape index (κ2) is 9.15. The van der Waals surface area contributed by atoms with Crippen molar-refractivity contribution in [3.05, 3.63) is 76.6 Å². The summed E-state index contributed by atoms with van der Waals surface area (Å²) in [6.45, 7) is 5.12. The number of hydrogen-bond acceptors (Lipinski definition) is 3. The fourth-order valence-corrected chi connectivity index (χ4v) is 5.21. The van der Waals surface area contributed by atoms with Crippen molar-refractivity contribution in [3.8, 4) is 11.4 Å². The minimum atomic E-state index is -4.35. The summed E-state index contributed by atoms with van der Waals surface area (Å²) >= 11 is 0. The summed E-state index contributed by atoms with van der Waals surface area (Å²) in [6.07, 6.45) is -2.02. The van der Waals surface area contributed by atoms with Crippen molar-refractivity contribution < 1.29 is 18.0 Å². The Morgan fingerprint density at radius 1 is 1.00 bits per heavy atom. The maximum atomic E-state index is 12.9. The van der Waals surface area contributed by atoms with Crippen LogP contribution in [0.1, 0.15) is 40.9 Å². The van der Waals surface area contributed by atoms with E-state index in [1.165, 1.54) is 17.7 Å². The molecule has 0 atom stereocenters. The molecule has 0 bridgehead atoms. The van der Waals surface area contributed by atoms with Gasteiger partial charge in [-0.05, 0) is 43.0 Å². The predicted octanol–water partition coefficient (Wildman–Crippen LogP) is 4.96. The van der Waals surface area contributed by atoms with E-state index in [0.29, 0.717) is 30.9 Å². The largest absolute Gasteiger partial charge is 0.416 e. The number of hydrogen-bond donors (Lipinski definition) is 0. The Morgan fingerprint density at radius 2 is 1.66 bits per heavy atom. The highest BCUT2D eigenvalue weighted by Gasteiger charge is 2.32. The van der Waals surface area contributed by atoms with E-state index in [1.54, 1.807) is 0 Å². The molecule has 1 aromatic heterocycles. The van der Waals surface area contributed by atoms with Crippen LogP contribution in [0.4, 0.5) is 13.2 Å². The Labute approximate surface area is 203 Å². The van der Waals surface area contributed by atoms with Crippen molar-refractivity contribution in [3.63, 3.8) is 0 Å². The van der Waals surface area contributed by atoms with Gasteiger partial charge in [0.25, 0.3) is 0 Å². The van der Waals surface area contributed by atoms with E-state index in [4.69, 9.17) is 4.98 Å². The topological polar surface area (TPSA) is 41.4 Å². The molecule has 35 heavy (non-hydrogen) atoms. The molecule has 1 saturated heterocycles. The third-order valence-corrected chi connectivity index (χ3v) is 7.44. The number of nitrogens with zero attached hydrogens (tertiary/aromatic N) is 4. The number of amides is 1. The average molecular weight is 483 g/mol. The lowest BCUT2D eigenvalue weighted by atomic mass is 9.95. The van der Waals surface area contributed by atoms with Gasteiger partial charge in [-0.1, -0.05) is 36.4 Å². The minimum absolute atomic E-state index is 0.212. The Morgan fingerprint density at radius 3 is 2.31 bits per heavy atom. The lowest BCUT2D eigenvalue weighted by Gasteiger charge is -2.40. The van der Waals surface area contributed by atoms with Gasteiger partial charge in [0.2, 0.25) is 5.91 Å².